The largest absolute Gasteiger partial charge is 0.423 e. The first-order valence-corrected chi connectivity index (χ1v) is 16.3. The number of nitro benzene ring substituents is 1. The smallest absolute Gasteiger partial charge is 0.287 e. The van der Waals surface area contributed by atoms with Crippen LogP contribution in [0.4, 0.5) is 22.7 Å². The Balaban J connectivity index is 0.000000192. The van der Waals surface area contributed by atoms with Crippen LogP contribution in [0, 0.1) is 24.0 Å². The summed E-state index contributed by atoms with van der Waals surface area (Å²) in [5.74, 6) is 0. The summed E-state index contributed by atoms with van der Waals surface area (Å²) in [6.45, 7) is 4.39. The lowest BCUT2D eigenvalue weighted by atomic mass is 10.1. The number of hydrogen-bond donors (Lipinski definition) is 4. The number of benzene rings is 3. The average Bonchev–Trinajstić information content (AvgIpc) is 3.16. The highest BCUT2D eigenvalue weighted by Crippen LogP contribution is 2.26. The lowest BCUT2D eigenvalue weighted by Crippen LogP contribution is -2.28. The van der Waals surface area contributed by atoms with Crippen LogP contribution in [0.15, 0.2) is 113 Å². The Bertz CT molecular complexity index is 2560. The summed E-state index contributed by atoms with van der Waals surface area (Å²) in [6, 6.07) is 26.1. The summed E-state index contributed by atoms with van der Waals surface area (Å²) in [5.41, 5.74) is 10.8. The molecule has 3 aromatic carbocycles. The maximum atomic E-state index is 12.8. The zero-order valence-electron chi connectivity index (χ0n) is 28.6. The van der Waals surface area contributed by atoms with Gasteiger partial charge in [-0.1, -0.05) is 66.7 Å². The molecule has 7 aromatic rings. The quantitative estimate of drug-likeness (QED) is 0.0650. The minimum atomic E-state index is -0.561. The van der Waals surface area contributed by atoms with Crippen molar-refractivity contribution in [1.82, 2.24) is 29.4 Å². The molecule has 53 heavy (non-hydrogen) atoms. The second kappa shape index (κ2) is 15.7. The highest BCUT2D eigenvalue weighted by Gasteiger charge is 2.17. The third-order valence-electron chi connectivity index (χ3n) is 8.29. The number of fused-ring (bicyclic) bond motifs is 2. The molecule has 0 aliphatic carbocycles. The minimum absolute atomic E-state index is 0.00631. The SMILES string of the molecule is Cc1ncnc2c1c(NCc1ccccc1N)cc(=O)n2O.Cc1ncnc2c1c(NCc1ccccc1[N+](=O)[O-])cc(=O)n2OCc1ccccc1. The fraction of sp³-hybridized carbons (Fsp3) is 0.135. The van der Waals surface area contributed by atoms with E-state index in [1.54, 1.807) is 32.0 Å². The van der Waals surface area contributed by atoms with Crippen LogP contribution in [0.5, 0.6) is 0 Å². The Morgan fingerprint density at radius 2 is 1.30 bits per heavy atom. The molecule has 7 rings (SSSR count). The molecule has 16 nitrogen and oxygen atoms in total. The molecule has 0 saturated carbocycles. The van der Waals surface area contributed by atoms with Gasteiger partial charge in [0, 0.05) is 42.5 Å². The van der Waals surface area contributed by atoms with Crippen molar-refractivity contribution in [3.63, 3.8) is 0 Å². The van der Waals surface area contributed by atoms with Crippen molar-refractivity contribution in [2.24, 2.45) is 0 Å². The molecular weight excluding hydrogens is 680 g/mol. The molecule has 16 heteroatoms. The van der Waals surface area contributed by atoms with Gasteiger partial charge in [-0.3, -0.25) is 19.7 Å². The molecule has 4 heterocycles. The fourth-order valence-corrected chi connectivity index (χ4v) is 5.62. The van der Waals surface area contributed by atoms with E-state index >= 15 is 0 Å². The van der Waals surface area contributed by atoms with Crippen molar-refractivity contribution in [2.45, 2.75) is 33.5 Å². The predicted molar refractivity (Wildman–Crippen MR) is 200 cm³/mol. The van der Waals surface area contributed by atoms with E-state index in [-0.39, 0.29) is 24.5 Å². The number of nitrogens with two attached hydrogens (primary N) is 1. The van der Waals surface area contributed by atoms with Gasteiger partial charge in [0.25, 0.3) is 16.8 Å². The molecule has 268 valence electrons. The predicted octanol–water partition coefficient (Wildman–Crippen LogP) is 4.78. The highest BCUT2D eigenvalue weighted by molar-refractivity contribution is 5.91. The minimum Gasteiger partial charge on any atom is -0.423 e. The maximum Gasteiger partial charge on any atom is 0.287 e. The van der Waals surface area contributed by atoms with Crippen molar-refractivity contribution < 1.29 is 15.0 Å². The van der Waals surface area contributed by atoms with Crippen molar-refractivity contribution in [2.75, 3.05) is 16.4 Å². The number of nitrogens with one attached hydrogen (secondary N) is 2. The van der Waals surface area contributed by atoms with Gasteiger partial charge >= 0.3 is 0 Å². The number of hydrogen-bond acceptors (Lipinski definition) is 13. The van der Waals surface area contributed by atoms with Crippen molar-refractivity contribution >= 4 is 44.8 Å². The third kappa shape index (κ3) is 7.86. The van der Waals surface area contributed by atoms with E-state index in [4.69, 9.17) is 10.6 Å². The molecule has 0 bridgehead atoms. The van der Waals surface area contributed by atoms with Gasteiger partial charge < -0.3 is 26.4 Å². The molecule has 4 aromatic heterocycles. The summed E-state index contributed by atoms with van der Waals surface area (Å²) in [5, 5.41) is 28.6. The highest BCUT2D eigenvalue weighted by atomic mass is 16.7. The summed E-state index contributed by atoms with van der Waals surface area (Å²) in [4.78, 5) is 57.8. The molecule has 0 saturated heterocycles. The molecule has 0 aliphatic heterocycles. The topological polar surface area (TPSA) is 218 Å². The molecule has 0 spiro atoms. The van der Waals surface area contributed by atoms with Crippen molar-refractivity contribution in [3.05, 3.63) is 163 Å². The average molecular weight is 715 g/mol. The molecule has 0 amide bonds. The van der Waals surface area contributed by atoms with Crippen LogP contribution in [0.2, 0.25) is 0 Å². The number of nitro groups is 1. The van der Waals surface area contributed by atoms with Crippen LogP contribution < -0.4 is 32.3 Å². The van der Waals surface area contributed by atoms with Crippen LogP contribution in [-0.4, -0.2) is 39.5 Å². The number of rotatable bonds is 10. The number of anilines is 3. The van der Waals surface area contributed by atoms with Crippen LogP contribution >= 0.6 is 0 Å². The lowest BCUT2D eigenvalue weighted by molar-refractivity contribution is -0.385. The zero-order valence-corrected chi connectivity index (χ0v) is 28.6. The normalized spacial score (nSPS) is 10.8. The van der Waals surface area contributed by atoms with Gasteiger partial charge in [-0.2, -0.15) is 0 Å². The Kier molecular flexibility index (Phi) is 10.5. The Morgan fingerprint density at radius 3 is 1.96 bits per heavy atom. The van der Waals surface area contributed by atoms with E-state index in [1.807, 2.05) is 54.6 Å². The second-order valence-corrected chi connectivity index (χ2v) is 11.8. The Labute approximate surface area is 301 Å². The first-order chi connectivity index (χ1) is 25.6. The van der Waals surface area contributed by atoms with Crippen LogP contribution in [0.3, 0.4) is 0 Å². The van der Waals surface area contributed by atoms with E-state index in [1.165, 1.54) is 30.9 Å². The standard InChI is InChI=1S/C22H19N5O4.C15H15N5O2/c1-15-21-18(23-12-17-9-5-6-10-19(17)27(29)30)11-20(28)26(22(21)25-14-24-15)31-13-16-7-3-2-4-8-16;1-9-14-12(17-7-10-4-2-3-5-11(10)16)6-13(21)20(22)15(14)19-8-18-9/h2-11,14,23H,12-13H2,1H3;2-6,8,17,22H,7,16H2,1H3. The van der Waals surface area contributed by atoms with Crippen LogP contribution in [0.25, 0.3) is 22.1 Å². The summed E-state index contributed by atoms with van der Waals surface area (Å²) >= 11 is 0. The van der Waals surface area contributed by atoms with Crippen molar-refractivity contribution in [1.29, 1.82) is 0 Å². The molecule has 5 N–H and O–H groups in total. The second-order valence-electron chi connectivity index (χ2n) is 11.8. The first-order valence-electron chi connectivity index (χ1n) is 16.3. The molecular formula is C37H34N10O6. The van der Waals surface area contributed by atoms with Gasteiger partial charge in [-0.05, 0) is 31.0 Å². The van der Waals surface area contributed by atoms with Gasteiger partial charge in [-0.15, -0.1) is 9.46 Å². The Morgan fingerprint density at radius 1 is 0.755 bits per heavy atom. The first kappa shape index (κ1) is 35.5. The van der Waals surface area contributed by atoms with Gasteiger partial charge in [0.05, 0.1) is 38.5 Å². The van der Waals surface area contributed by atoms with E-state index in [9.17, 15) is 24.9 Å². The Hall–Kier alpha value is -7.36. The van der Waals surface area contributed by atoms with Crippen LogP contribution in [-0.2, 0) is 19.7 Å². The third-order valence-corrected chi connectivity index (χ3v) is 8.29. The van der Waals surface area contributed by atoms with Gasteiger partial charge in [0.2, 0.25) is 0 Å². The molecule has 0 unspecified atom stereocenters. The molecule has 0 aliphatic rings. The van der Waals surface area contributed by atoms with Gasteiger partial charge in [-0.25, -0.2) is 19.9 Å². The van der Waals surface area contributed by atoms with E-state index < -0.39 is 16.0 Å². The lowest BCUT2D eigenvalue weighted by Gasteiger charge is -2.15. The summed E-state index contributed by atoms with van der Waals surface area (Å²) < 4.78 is 1.67. The zero-order chi connectivity index (χ0) is 37.5. The van der Waals surface area contributed by atoms with Gasteiger partial charge in [0.1, 0.15) is 19.3 Å². The van der Waals surface area contributed by atoms with E-state index in [2.05, 4.69) is 30.6 Å². The summed E-state index contributed by atoms with van der Waals surface area (Å²) in [7, 11) is 0. The number of aromatic nitrogens is 6. The van der Waals surface area contributed by atoms with Crippen LogP contribution in [0.1, 0.15) is 28.1 Å². The summed E-state index contributed by atoms with van der Waals surface area (Å²) in [6.07, 6.45) is 2.67. The van der Waals surface area contributed by atoms with Crippen molar-refractivity contribution in [3.8, 4) is 0 Å². The number of aryl methyl sites for hydroxylation is 2. The van der Waals surface area contributed by atoms with E-state index in [0.29, 0.717) is 61.7 Å². The molecule has 0 atom stereocenters. The number of nitrogens with zero attached hydrogens (tertiary/aromatic N) is 7. The number of para-hydroxylation sites is 2. The van der Waals surface area contributed by atoms with E-state index in [0.717, 1.165) is 15.9 Å². The number of nitrogen functional groups attached to an aromatic ring is 1. The number of pyridine rings is 2. The fourth-order valence-electron chi connectivity index (χ4n) is 5.62. The monoisotopic (exact) mass is 714 g/mol. The molecule has 0 fully saturated rings. The van der Waals surface area contributed by atoms with Gasteiger partial charge in [0.15, 0.2) is 11.3 Å². The maximum absolute atomic E-state index is 12.8. The molecule has 0 radical (unpaired) electrons.